The first-order chi connectivity index (χ1) is 9.09. The molecule has 0 amide bonds. The number of fused-ring (bicyclic) bond motifs is 1. The molecule has 1 saturated carbocycles. The fourth-order valence-corrected chi connectivity index (χ4v) is 3.46. The molecule has 19 heavy (non-hydrogen) atoms. The summed E-state index contributed by atoms with van der Waals surface area (Å²) >= 11 is 8.02. The number of rotatable bonds is 1. The molecule has 1 aliphatic rings. The van der Waals surface area contributed by atoms with Gasteiger partial charge in [0.25, 0.3) is 5.56 Å². The average Bonchev–Trinajstić information content (AvgIpc) is 2.90. The van der Waals surface area contributed by atoms with Gasteiger partial charge in [0.2, 0.25) is 5.28 Å². The van der Waals surface area contributed by atoms with Crippen molar-refractivity contribution in [2.24, 2.45) is 0 Å². The van der Waals surface area contributed by atoms with Crippen molar-refractivity contribution in [1.29, 1.82) is 0 Å². The number of hydrogen-bond acceptors (Lipinski definition) is 3. The van der Waals surface area contributed by atoms with Crippen LogP contribution < -0.4 is 5.56 Å². The second-order valence-corrected chi connectivity index (χ2v) is 6.35. The first kappa shape index (κ1) is 13.3. The van der Waals surface area contributed by atoms with Gasteiger partial charge in [-0.2, -0.15) is 4.98 Å². The lowest BCUT2D eigenvalue weighted by molar-refractivity contribution is 0.514. The zero-order valence-corrected chi connectivity index (χ0v) is 13.4. The van der Waals surface area contributed by atoms with Crippen LogP contribution in [0.1, 0.15) is 37.3 Å². The number of pyridine rings is 1. The van der Waals surface area contributed by atoms with Gasteiger partial charge in [0.15, 0.2) is 0 Å². The molecule has 2 aromatic rings. The summed E-state index contributed by atoms with van der Waals surface area (Å²) in [5.74, 6) is 0. The SMILES string of the molecule is Cc1c(I)c(=O)n(C2CCCC2)c2nc(Cl)ncc12. The van der Waals surface area contributed by atoms with Crippen molar-refractivity contribution >= 4 is 45.2 Å². The molecule has 2 aromatic heterocycles. The highest BCUT2D eigenvalue weighted by atomic mass is 127. The van der Waals surface area contributed by atoms with E-state index in [4.69, 9.17) is 11.6 Å². The summed E-state index contributed by atoms with van der Waals surface area (Å²) < 4.78 is 2.58. The summed E-state index contributed by atoms with van der Waals surface area (Å²) in [7, 11) is 0. The third-order valence-electron chi connectivity index (χ3n) is 3.80. The summed E-state index contributed by atoms with van der Waals surface area (Å²) in [6, 6.07) is 0.245. The van der Waals surface area contributed by atoms with Crippen LogP contribution in [0.4, 0.5) is 0 Å². The van der Waals surface area contributed by atoms with E-state index in [0.29, 0.717) is 5.65 Å². The molecule has 6 heteroatoms. The Balaban J connectivity index is 2.40. The van der Waals surface area contributed by atoms with Gasteiger partial charge in [-0.15, -0.1) is 0 Å². The standard InChI is InChI=1S/C13H13ClIN3O/c1-7-9-6-16-13(14)17-11(9)18(12(19)10(7)15)8-4-2-3-5-8/h6,8H,2-5H2,1H3. The molecule has 0 spiro atoms. The summed E-state index contributed by atoms with van der Waals surface area (Å²) in [5.41, 5.74) is 1.66. The fourth-order valence-electron chi connectivity index (χ4n) is 2.78. The molecule has 0 bridgehead atoms. The molecular formula is C13H13ClIN3O. The maximum atomic E-state index is 12.6. The average molecular weight is 390 g/mol. The van der Waals surface area contributed by atoms with E-state index in [-0.39, 0.29) is 16.9 Å². The van der Waals surface area contributed by atoms with Crippen LogP contribution in [0.5, 0.6) is 0 Å². The molecular weight excluding hydrogens is 377 g/mol. The van der Waals surface area contributed by atoms with E-state index in [1.165, 1.54) is 12.8 Å². The molecule has 0 aliphatic heterocycles. The van der Waals surface area contributed by atoms with Gasteiger partial charge < -0.3 is 0 Å². The molecule has 2 heterocycles. The van der Waals surface area contributed by atoms with Gasteiger partial charge in [0, 0.05) is 17.6 Å². The van der Waals surface area contributed by atoms with Crippen molar-refractivity contribution in [1.82, 2.24) is 14.5 Å². The van der Waals surface area contributed by atoms with Gasteiger partial charge in [0.05, 0.1) is 3.57 Å². The molecule has 100 valence electrons. The van der Waals surface area contributed by atoms with Crippen LogP contribution in [-0.2, 0) is 0 Å². The van der Waals surface area contributed by atoms with Crippen molar-refractivity contribution in [3.8, 4) is 0 Å². The number of aromatic nitrogens is 3. The van der Waals surface area contributed by atoms with Gasteiger partial charge in [0.1, 0.15) is 5.65 Å². The van der Waals surface area contributed by atoms with Crippen molar-refractivity contribution in [2.75, 3.05) is 0 Å². The minimum absolute atomic E-state index is 0.0484. The van der Waals surface area contributed by atoms with E-state index in [1.54, 1.807) is 6.20 Å². The van der Waals surface area contributed by atoms with Crippen LogP contribution in [-0.4, -0.2) is 14.5 Å². The molecule has 3 rings (SSSR count). The van der Waals surface area contributed by atoms with Crippen molar-refractivity contribution < 1.29 is 0 Å². The monoisotopic (exact) mass is 389 g/mol. The van der Waals surface area contributed by atoms with Gasteiger partial charge in [-0.3, -0.25) is 9.36 Å². The third kappa shape index (κ3) is 2.16. The molecule has 4 nitrogen and oxygen atoms in total. The van der Waals surface area contributed by atoms with Gasteiger partial charge >= 0.3 is 0 Å². The number of halogens is 2. The zero-order chi connectivity index (χ0) is 13.6. The van der Waals surface area contributed by atoms with Crippen LogP contribution in [0.25, 0.3) is 11.0 Å². The quantitative estimate of drug-likeness (QED) is 0.554. The van der Waals surface area contributed by atoms with Crippen molar-refractivity contribution in [2.45, 2.75) is 38.6 Å². The third-order valence-corrected chi connectivity index (χ3v) is 5.25. The van der Waals surface area contributed by atoms with Crippen LogP contribution >= 0.6 is 34.2 Å². The summed E-state index contributed by atoms with van der Waals surface area (Å²) in [6.45, 7) is 1.93. The number of hydrogen-bond donors (Lipinski definition) is 0. The Kier molecular flexibility index (Phi) is 3.51. The molecule has 1 aliphatic carbocycles. The molecule has 0 N–H and O–H groups in total. The van der Waals surface area contributed by atoms with Gasteiger partial charge in [-0.05, 0) is 59.5 Å². The van der Waals surface area contributed by atoms with E-state index in [1.807, 2.05) is 11.5 Å². The minimum Gasteiger partial charge on any atom is -0.289 e. The maximum Gasteiger partial charge on any atom is 0.266 e. The largest absolute Gasteiger partial charge is 0.289 e. The van der Waals surface area contributed by atoms with Crippen LogP contribution in [0, 0.1) is 10.5 Å². The Morgan fingerprint density at radius 2 is 2.11 bits per heavy atom. The molecule has 0 atom stereocenters. The lowest BCUT2D eigenvalue weighted by atomic mass is 10.1. The van der Waals surface area contributed by atoms with Crippen molar-refractivity contribution in [3.05, 3.63) is 31.0 Å². The van der Waals surface area contributed by atoms with Crippen molar-refractivity contribution in [3.63, 3.8) is 0 Å². The molecule has 1 fully saturated rings. The molecule has 0 aromatic carbocycles. The molecule has 0 unspecified atom stereocenters. The first-order valence-electron chi connectivity index (χ1n) is 6.32. The highest BCUT2D eigenvalue weighted by molar-refractivity contribution is 14.1. The van der Waals surface area contributed by atoms with Gasteiger partial charge in [-0.1, -0.05) is 12.8 Å². The summed E-state index contributed by atoms with van der Waals surface area (Å²) in [5, 5.41) is 1.11. The number of nitrogens with zero attached hydrogens (tertiary/aromatic N) is 3. The Morgan fingerprint density at radius 1 is 1.42 bits per heavy atom. The topological polar surface area (TPSA) is 47.8 Å². The lowest BCUT2D eigenvalue weighted by Gasteiger charge is -2.18. The Morgan fingerprint density at radius 3 is 2.79 bits per heavy atom. The number of aryl methyl sites for hydroxylation is 1. The molecule has 0 radical (unpaired) electrons. The van der Waals surface area contributed by atoms with Crippen LogP contribution in [0.15, 0.2) is 11.0 Å². The van der Waals surface area contributed by atoms with Crippen LogP contribution in [0.2, 0.25) is 5.28 Å². The predicted octanol–water partition coefficient (Wildman–Crippen LogP) is 3.47. The Bertz CT molecular complexity index is 707. The zero-order valence-electron chi connectivity index (χ0n) is 10.5. The maximum absolute atomic E-state index is 12.6. The Hall–Kier alpha value is -0.690. The summed E-state index contributed by atoms with van der Waals surface area (Å²) in [4.78, 5) is 20.9. The highest BCUT2D eigenvalue weighted by Crippen LogP contribution is 2.31. The second kappa shape index (κ2) is 5.01. The van der Waals surface area contributed by atoms with E-state index in [0.717, 1.165) is 27.4 Å². The van der Waals surface area contributed by atoms with E-state index in [2.05, 4.69) is 32.6 Å². The fraction of sp³-hybridized carbons (Fsp3) is 0.462. The normalized spacial score (nSPS) is 16.4. The second-order valence-electron chi connectivity index (χ2n) is 4.93. The smallest absolute Gasteiger partial charge is 0.266 e. The van der Waals surface area contributed by atoms with E-state index < -0.39 is 0 Å². The minimum atomic E-state index is 0.0484. The van der Waals surface area contributed by atoms with E-state index in [9.17, 15) is 4.79 Å². The Labute approximate surface area is 129 Å². The highest BCUT2D eigenvalue weighted by Gasteiger charge is 2.23. The summed E-state index contributed by atoms with van der Waals surface area (Å²) in [6.07, 6.45) is 6.13. The van der Waals surface area contributed by atoms with Crippen LogP contribution in [0.3, 0.4) is 0 Å². The lowest BCUT2D eigenvalue weighted by Crippen LogP contribution is -2.27. The van der Waals surface area contributed by atoms with Gasteiger partial charge in [-0.25, -0.2) is 4.98 Å². The van der Waals surface area contributed by atoms with E-state index >= 15 is 0 Å². The molecule has 0 saturated heterocycles. The predicted molar refractivity (Wildman–Crippen MR) is 83.8 cm³/mol. The first-order valence-corrected chi connectivity index (χ1v) is 7.78.